The van der Waals surface area contributed by atoms with Crippen LogP contribution in [0.4, 0.5) is 0 Å². The molecule has 64 heavy (non-hydrogen) atoms. The molecule has 0 heterocycles. The molecule has 0 bridgehead atoms. The zero-order valence-corrected chi connectivity index (χ0v) is 41.0. The molecule has 0 aliphatic heterocycles. The third kappa shape index (κ3) is 48.8. The highest BCUT2D eigenvalue weighted by Crippen LogP contribution is 2.13. The maximum atomic E-state index is 12.8. The first-order chi connectivity index (χ1) is 31.5. The van der Waals surface area contributed by atoms with Crippen molar-refractivity contribution in [2.24, 2.45) is 0 Å². The van der Waals surface area contributed by atoms with E-state index < -0.39 is 12.1 Å². The Morgan fingerprint density at radius 3 is 1.12 bits per heavy atom. The molecule has 0 amide bonds. The topological polar surface area (TPSA) is 78.9 Å². The smallest absolute Gasteiger partial charge is 0.306 e. The Bertz CT molecular complexity index is 1390. The van der Waals surface area contributed by atoms with Gasteiger partial charge in [-0.05, 0) is 103 Å². The minimum Gasteiger partial charge on any atom is -0.462 e. The van der Waals surface area contributed by atoms with Crippen molar-refractivity contribution in [3.63, 3.8) is 0 Å². The van der Waals surface area contributed by atoms with Gasteiger partial charge in [0.25, 0.3) is 0 Å². The van der Waals surface area contributed by atoms with Crippen molar-refractivity contribution in [1.82, 2.24) is 0 Å². The highest BCUT2D eigenvalue weighted by Gasteiger charge is 2.19. The standard InChI is InChI=1S/C58H92O6/c1-4-7-10-13-16-19-22-24-26-28-29-30-32-33-36-39-42-45-48-51-57(60)63-54-55(53-62-56(59)50-47-44-41-38-35-21-18-15-12-9-6-3)64-58(61)52-49-46-43-40-37-34-31-27-25-23-20-17-14-11-8-5-2/h7-8,10-11,15-21,24-27,34-35,37,43,46,55H,4-6,9,12-14,22-23,28-33,36,38-42,44-45,47-54H2,1-3H3/b10-7-,11-8-,18-15-,19-16-,20-17-,26-24-,27-25-,35-21-,37-34-,46-43-. The number of rotatable bonds is 44. The first-order valence-electron chi connectivity index (χ1n) is 25.6. The fraction of sp³-hybridized carbons (Fsp3) is 0.603. The number of hydrogen-bond acceptors (Lipinski definition) is 6. The summed E-state index contributed by atoms with van der Waals surface area (Å²) in [7, 11) is 0. The van der Waals surface area contributed by atoms with Gasteiger partial charge in [0.2, 0.25) is 0 Å². The van der Waals surface area contributed by atoms with Crippen LogP contribution < -0.4 is 0 Å². The summed E-state index contributed by atoms with van der Waals surface area (Å²) in [6, 6.07) is 0. The summed E-state index contributed by atoms with van der Waals surface area (Å²) in [5.74, 6) is -1.05. The number of allylic oxidation sites excluding steroid dienone is 20. The molecular formula is C58H92O6. The lowest BCUT2D eigenvalue weighted by Crippen LogP contribution is -2.30. The molecule has 0 spiro atoms. The van der Waals surface area contributed by atoms with Crippen molar-refractivity contribution < 1.29 is 28.6 Å². The number of ether oxygens (including phenoxy) is 3. The van der Waals surface area contributed by atoms with Crippen LogP contribution in [0.2, 0.25) is 0 Å². The molecule has 0 fully saturated rings. The molecule has 0 rings (SSSR count). The Morgan fingerprint density at radius 1 is 0.344 bits per heavy atom. The molecule has 0 saturated heterocycles. The maximum Gasteiger partial charge on any atom is 0.306 e. The van der Waals surface area contributed by atoms with Crippen molar-refractivity contribution in [1.29, 1.82) is 0 Å². The van der Waals surface area contributed by atoms with Gasteiger partial charge < -0.3 is 14.2 Å². The summed E-state index contributed by atoms with van der Waals surface area (Å²) >= 11 is 0. The molecule has 0 saturated carbocycles. The minimum absolute atomic E-state index is 0.122. The predicted octanol–water partition coefficient (Wildman–Crippen LogP) is 16.9. The molecule has 0 radical (unpaired) electrons. The van der Waals surface area contributed by atoms with Crippen LogP contribution in [-0.4, -0.2) is 37.2 Å². The van der Waals surface area contributed by atoms with Gasteiger partial charge in [-0.1, -0.05) is 206 Å². The molecule has 1 atom stereocenters. The van der Waals surface area contributed by atoms with E-state index in [1.807, 2.05) is 12.2 Å². The molecule has 360 valence electrons. The highest BCUT2D eigenvalue weighted by atomic mass is 16.6. The molecular weight excluding hydrogens is 793 g/mol. The quantitative estimate of drug-likeness (QED) is 0.0199. The lowest BCUT2D eigenvalue weighted by Gasteiger charge is -2.18. The van der Waals surface area contributed by atoms with E-state index in [-0.39, 0.29) is 31.6 Å². The van der Waals surface area contributed by atoms with Gasteiger partial charge in [0, 0.05) is 19.3 Å². The Labute approximate surface area is 392 Å². The lowest BCUT2D eigenvalue weighted by atomic mass is 10.1. The zero-order chi connectivity index (χ0) is 46.5. The van der Waals surface area contributed by atoms with Crippen LogP contribution in [0.1, 0.15) is 207 Å². The number of carbonyl (C=O) groups excluding carboxylic acids is 3. The van der Waals surface area contributed by atoms with Crippen molar-refractivity contribution in [3.8, 4) is 0 Å². The van der Waals surface area contributed by atoms with Crippen LogP contribution in [-0.2, 0) is 28.6 Å². The summed E-state index contributed by atoms with van der Waals surface area (Å²) in [6.45, 7) is 6.25. The highest BCUT2D eigenvalue weighted by molar-refractivity contribution is 5.71. The number of esters is 3. The van der Waals surface area contributed by atoms with Gasteiger partial charge >= 0.3 is 17.9 Å². The summed E-state index contributed by atoms with van der Waals surface area (Å²) in [6.07, 6.45) is 70.6. The van der Waals surface area contributed by atoms with Gasteiger partial charge in [-0.15, -0.1) is 0 Å². The third-order valence-electron chi connectivity index (χ3n) is 10.2. The van der Waals surface area contributed by atoms with Crippen LogP contribution >= 0.6 is 0 Å². The monoisotopic (exact) mass is 885 g/mol. The summed E-state index contributed by atoms with van der Waals surface area (Å²) < 4.78 is 16.7. The molecule has 0 aromatic heterocycles. The van der Waals surface area contributed by atoms with Gasteiger partial charge in [0.1, 0.15) is 13.2 Å². The van der Waals surface area contributed by atoms with Crippen molar-refractivity contribution in [2.45, 2.75) is 213 Å². The van der Waals surface area contributed by atoms with Gasteiger partial charge in [-0.25, -0.2) is 0 Å². The fourth-order valence-electron chi connectivity index (χ4n) is 6.42. The first-order valence-corrected chi connectivity index (χ1v) is 25.6. The van der Waals surface area contributed by atoms with Gasteiger partial charge in [0.05, 0.1) is 0 Å². The second kappa shape index (κ2) is 51.4. The second-order valence-electron chi connectivity index (χ2n) is 16.3. The number of carbonyl (C=O) groups is 3. The van der Waals surface area contributed by atoms with E-state index in [4.69, 9.17) is 14.2 Å². The first kappa shape index (κ1) is 59.8. The van der Waals surface area contributed by atoms with Crippen LogP contribution in [0.25, 0.3) is 0 Å². The Hall–Kier alpha value is -4.19. The molecule has 6 heteroatoms. The Kier molecular flexibility index (Phi) is 48.1. The van der Waals surface area contributed by atoms with E-state index in [1.165, 1.54) is 51.4 Å². The minimum atomic E-state index is -0.833. The summed E-state index contributed by atoms with van der Waals surface area (Å²) in [4.78, 5) is 37.9. The van der Waals surface area contributed by atoms with E-state index in [9.17, 15) is 14.4 Å². The molecule has 0 aromatic rings. The van der Waals surface area contributed by atoms with Crippen LogP contribution in [0.5, 0.6) is 0 Å². The third-order valence-corrected chi connectivity index (χ3v) is 10.2. The Morgan fingerprint density at radius 2 is 0.688 bits per heavy atom. The van der Waals surface area contributed by atoms with E-state index in [2.05, 4.69) is 130 Å². The van der Waals surface area contributed by atoms with Crippen LogP contribution in [0, 0.1) is 0 Å². The summed E-state index contributed by atoms with van der Waals surface area (Å²) in [5, 5.41) is 0. The predicted molar refractivity (Wildman–Crippen MR) is 274 cm³/mol. The van der Waals surface area contributed by atoms with Gasteiger partial charge in [0.15, 0.2) is 6.10 Å². The fourth-order valence-corrected chi connectivity index (χ4v) is 6.42. The number of unbranched alkanes of at least 4 members (excludes halogenated alkanes) is 14. The average molecular weight is 885 g/mol. The van der Waals surface area contributed by atoms with Crippen molar-refractivity contribution in [3.05, 3.63) is 122 Å². The van der Waals surface area contributed by atoms with Crippen molar-refractivity contribution >= 4 is 17.9 Å². The average Bonchev–Trinajstić information content (AvgIpc) is 3.29. The Balaban J connectivity index is 4.50. The molecule has 0 aliphatic rings. The molecule has 0 N–H and O–H groups in total. The molecule has 0 aliphatic carbocycles. The van der Waals surface area contributed by atoms with E-state index in [0.717, 1.165) is 109 Å². The number of hydrogen-bond donors (Lipinski definition) is 0. The second-order valence-corrected chi connectivity index (χ2v) is 16.3. The SMILES string of the molecule is CC/C=C\C/C=C\C/C=C\C/C=C\C/C=C\CCC(=O)OC(COC(=O)CCCCC/C=C\C=C/CCCC)COC(=O)CCCCCCCCCCC/C=C\C/C=C\C/C=C\CC. The summed E-state index contributed by atoms with van der Waals surface area (Å²) in [5.41, 5.74) is 0. The van der Waals surface area contributed by atoms with E-state index >= 15 is 0 Å². The molecule has 1 unspecified atom stereocenters. The molecule has 6 nitrogen and oxygen atoms in total. The molecule has 0 aromatic carbocycles. The normalized spacial score (nSPS) is 13.1. The van der Waals surface area contributed by atoms with Gasteiger partial charge in [-0.3, -0.25) is 14.4 Å². The van der Waals surface area contributed by atoms with E-state index in [0.29, 0.717) is 19.3 Å². The maximum absolute atomic E-state index is 12.8. The van der Waals surface area contributed by atoms with Crippen LogP contribution in [0.3, 0.4) is 0 Å². The largest absolute Gasteiger partial charge is 0.462 e. The van der Waals surface area contributed by atoms with Crippen molar-refractivity contribution in [2.75, 3.05) is 13.2 Å². The van der Waals surface area contributed by atoms with E-state index in [1.54, 1.807) is 0 Å². The van der Waals surface area contributed by atoms with Crippen LogP contribution in [0.15, 0.2) is 122 Å². The lowest BCUT2D eigenvalue weighted by molar-refractivity contribution is -0.166. The zero-order valence-electron chi connectivity index (χ0n) is 41.0. The van der Waals surface area contributed by atoms with Gasteiger partial charge in [-0.2, -0.15) is 0 Å².